The summed E-state index contributed by atoms with van der Waals surface area (Å²) in [5, 5.41) is 14.5. The van der Waals surface area contributed by atoms with Crippen LogP contribution >= 0.6 is 11.6 Å². The molecule has 2 N–H and O–H groups in total. The standard InChI is InChI=1S/C38H41ClN2O4/c1-41(2)21-8-22-44-32-16-15-28-24-34(27-9-6-14-33(23-27)45-31-12-4-3-5-13-31)37(35(28)26-32)17-19-38(20-18-37,36(42)43)40-30-11-7-10-29(39)25-30/h3-7,9-16,23,25-26,34,40H,8,17-22,24H2,1-2H3,(H,42,43). The topological polar surface area (TPSA) is 71.0 Å². The monoisotopic (exact) mass is 624 g/mol. The predicted molar refractivity (Wildman–Crippen MR) is 180 cm³/mol. The minimum atomic E-state index is -1.08. The summed E-state index contributed by atoms with van der Waals surface area (Å²) in [6.07, 6.45) is 4.24. The molecular formula is C38H41ClN2O4. The lowest BCUT2D eigenvalue weighted by atomic mass is 9.59. The van der Waals surface area contributed by atoms with Gasteiger partial charge in [0, 0.05) is 22.7 Å². The van der Waals surface area contributed by atoms with Crippen molar-refractivity contribution in [1.82, 2.24) is 4.90 Å². The molecule has 45 heavy (non-hydrogen) atoms. The van der Waals surface area contributed by atoms with Gasteiger partial charge < -0.3 is 24.8 Å². The number of hydrogen-bond donors (Lipinski definition) is 2. The van der Waals surface area contributed by atoms with Gasteiger partial charge in [-0.15, -0.1) is 0 Å². The summed E-state index contributed by atoms with van der Waals surface area (Å²) in [5.41, 5.74) is 3.21. The van der Waals surface area contributed by atoms with Gasteiger partial charge in [-0.3, -0.25) is 0 Å². The normalized spacial score (nSPS) is 22.3. The molecule has 6 nitrogen and oxygen atoms in total. The van der Waals surface area contributed by atoms with Crippen molar-refractivity contribution in [3.8, 4) is 17.2 Å². The lowest BCUT2D eigenvalue weighted by molar-refractivity contribution is -0.144. The molecule has 0 amide bonds. The molecular weight excluding hydrogens is 584 g/mol. The van der Waals surface area contributed by atoms with Crippen LogP contribution < -0.4 is 14.8 Å². The van der Waals surface area contributed by atoms with Gasteiger partial charge >= 0.3 is 5.97 Å². The van der Waals surface area contributed by atoms with Gasteiger partial charge in [0.25, 0.3) is 0 Å². The molecule has 0 radical (unpaired) electrons. The first-order chi connectivity index (χ1) is 21.8. The number of carbonyl (C=O) groups is 1. The van der Waals surface area contributed by atoms with E-state index in [0.717, 1.165) is 55.2 Å². The number of hydrogen-bond acceptors (Lipinski definition) is 5. The lowest BCUT2D eigenvalue weighted by Gasteiger charge is -2.47. The van der Waals surface area contributed by atoms with Crippen LogP contribution in [0.2, 0.25) is 5.02 Å². The number of anilines is 1. The number of halogens is 1. The Morgan fingerprint density at radius 1 is 0.889 bits per heavy atom. The lowest BCUT2D eigenvalue weighted by Crippen LogP contribution is -2.52. The highest BCUT2D eigenvalue weighted by Gasteiger charge is 2.54. The van der Waals surface area contributed by atoms with Gasteiger partial charge in [-0.1, -0.05) is 54.1 Å². The Kier molecular flexibility index (Phi) is 9.06. The Morgan fingerprint density at radius 2 is 1.64 bits per heavy atom. The third-order valence-corrected chi connectivity index (χ3v) is 9.82. The fourth-order valence-electron chi connectivity index (χ4n) is 7.29. The van der Waals surface area contributed by atoms with E-state index in [4.69, 9.17) is 21.1 Å². The Morgan fingerprint density at radius 3 is 2.38 bits per heavy atom. The molecule has 1 fully saturated rings. The fraction of sp³-hybridized carbons (Fsp3) is 0.342. The maximum Gasteiger partial charge on any atom is 0.329 e. The van der Waals surface area contributed by atoms with E-state index in [0.29, 0.717) is 24.5 Å². The maximum absolute atomic E-state index is 12.9. The third kappa shape index (κ3) is 6.68. The van der Waals surface area contributed by atoms with Crippen LogP contribution in [0.4, 0.5) is 5.69 Å². The van der Waals surface area contributed by atoms with Crippen molar-refractivity contribution in [3.05, 3.63) is 119 Å². The summed E-state index contributed by atoms with van der Waals surface area (Å²) in [5.74, 6) is 1.82. The van der Waals surface area contributed by atoms with Crippen molar-refractivity contribution in [2.75, 3.05) is 32.6 Å². The molecule has 0 aliphatic heterocycles. The summed E-state index contributed by atoms with van der Waals surface area (Å²) < 4.78 is 12.5. The molecule has 0 bridgehead atoms. The van der Waals surface area contributed by atoms with Crippen LogP contribution in [0.3, 0.4) is 0 Å². The van der Waals surface area contributed by atoms with Gasteiger partial charge in [0.1, 0.15) is 22.8 Å². The number of ether oxygens (including phenoxy) is 2. The second-order valence-electron chi connectivity index (χ2n) is 12.7. The Balaban J connectivity index is 1.33. The van der Waals surface area contributed by atoms with Gasteiger partial charge in [-0.05, 0) is 130 Å². The van der Waals surface area contributed by atoms with E-state index in [1.165, 1.54) is 16.7 Å². The number of fused-ring (bicyclic) bond motifs is 2. The summed E-state index contributed by atoms with van der Waals surface area (Å²) in [4.78, 5) is 15.1. The van der Waals surface area contributed by atoms with E-state index < -0.39 is 11.5 Å². The highest BCUT2D eigenvalue weighted by molar-refractivity contribution is 6.30. The largest absolute Gasteiger partial charge is 0.494 e. The Hall–Kier alpha value is -4.00. The molecule has 234 valence electrons. The van der Waals surface area contributed by atoms with Crippen molar-refractivity contribution < 1.29 is 19.4 Å². The van der Waals surface area contributed by atoms with E-state index >= 15 is 0 Å². The molecule has 4 aromatic rings. The zero-order valence-corrected chi connectivity index (χ0v) is 26.7. The molecule has 4 aromatic carbocycles. The number of para-hydroxylation sites is 1. The molecule has 2 aliphatic carbocycles. The maximum atomic E-state index is 12.9. The van der Waals surface area contributed by atoms with Gasteiger partial charge in [-0.25, -0.2) is 4.79 Å². The summed E-state index contributed by atoms with van der Waals surface area (Å²) >= 11 is 6.26. The van der Waals surface area contributed by atoms with Crippen molar-refractivity contribution in [2.45, 2.75) is 55.4 Å². The first-order valence-corrected chi connectivity index (χ1v) is 16.2. The SMILES string of the molecule is CN(C)CCCOc1ccc2c(c1)C1(CCC(Nc3cccc(Cl)c3)(C(=O)O)CC1)C(c1cccc(Oc3ccccc3)c1)C2. The van der Waals surface area contributed by atoms with Gasteiger partial charge in [0.05, 0.1) is 6.61 Å². The van der Waals surface area contributed by atoms with Crippen LogP contribution in [-0.2, 0) is 16.6 Å². The van der Waals surface area contributed by atoms with E-state index in [1.54, 1.807) is 12.1 Å². The molecule has 6 rings (SSSR count). The molecule has 7 heteroatoms. The first kappa shape index (κ1) is 31.0. The highest BCUT2D eigenvalue weighted by atomic mass is 35.5. The second kappa shape index (κ2) is 13.2. The number of aliphatic carboxylic acids is 1. The van der Waals surface area contributed by atoms with E-state index in [9.17, 15) is 9.90 Å². The molecule has 0 heterocycles. The van der Waals surface area contributed by atoms with E-state index in [2.05, 4.69) is 60.7 Å². The Bertz CT molecular complexity index is 1630. The first-order valence-electron chi connectivity index (χ1n) is 15.8. The molecule has 0 saturated heterocycles. The molecule has 0 aromatic heterocycles. The molecule has 1 unspecified atom stereocenters. The quantitative estimate of drug-likeness (QED) is 0.163. The zero-order valence-electron chi connectivity index (χ0n) is 26.0. The van der Waals surface area contributed by atoms with Crippen LogP contribution in [0.1, 0.15) is 54.7 Å². The fourth-order valence-corrected chi connectivity index (χ4v) is 7.48. The van der Waals surface area contributed by atoms with E-state index in [-0.39, 0.29) is 11.3 Å². The molecule has 2 aliphatic rings. The zero-order chi connectivity index (χ0) is 31.4. The Labute approximate surface area is 270 Å². The second-order valence-corrected chi connectivity index (χ2v) is 13.2. The van der Waals surface area contributed by atoms with Gasteiger partial charge in [0.2, 0.25) is 0 Å². The van der Waals surface area contributed by atoms with Crippen molar-refractivity contribution >= 4 is 23.3 Å². The summed E-state index contributed by atoms with van der Waals surface area (Å²) in [6.45, 7) is 1.62. The van der Waals surface area contributed by atoms with Gasteiger partial charge in [-0.2, -0.15) is 0 Å². The van der Waals surface area contributed by atoms with Crippen molar-refractivity contribution in [3.63, 3.8) is 0 Å². The van der Waals surface area contributed by atoms with Crippen LogP contribution in [0.5, 0.6) is 17.2 Å². The molecule has 1 spiro atoms. The molecule has 1 atom stereocenters. The smallest absolute Gasteiger partial charge is 0.329 e. The van der Waals surface area contributed by atoms with Gasteiger partial charge in [0.15, 0.2) is 0 Å². The average Bonchev–Trinajstić information content (AvgIpc) is 3.34. The minimum Gasteiger partial charge on any atom is -0.494 e. The minimum absolute atomic E-state index is 0.175. The van der Waals surface area contributed by atoms with Crippen LogP contribution in [0.15, 0.2) is 97.1 Å². The molecule has 1 saturated carbocycles. The van der Waals surface area contributed by atoms with Crippen molar-refractivity contribution in [1.29, 1.82) is 0 Å². The van der Waals surface area contributed by atoms with Crippen LogP contribution in [0.25, 0.3) is 0 Å². The number of nitrogens with one attached hydrogen (secondary N) is 1. The van der Waals surface area contributed by atoms with E-state index in [1.807, 2.05) is 48.5 Å². The van der Waals surface area contributed by atoms with Crippen molar-refractivity contribution in [2.24, 2.45) is 0 Å². The number of benzene rings is 4. The number of nitrogens with zero attached hydrogens (tertiary/aromatic N) is 1. The van der Waals surface area contributed by atoms with Crippen LogP contribution in [0, 0.1) is 0 Å². The number of rotatable bonds is 11. The third-order valence-electron chi connectivity index (χ3n) is 9.58. The number of carboxylic acid groups (broad SMARTS) is 1. The predicted octanol–water partition coefficient (Wildman–Crippen LogP) is 8.55. The summed E-state index contributed by atoms with van der Waals surface area (Å²) in [7, 11) is 4.14. The summed E-state index contributed by atoms with van der Waals surface area (Å²) in [6, 6.07) is 32.1. The average molecular weight is 625 g/mol. The number of carboxylic acids is 1. The van der Waals surface area contributed by atoms with Crippen LogP contribution in [-0.4, -0.2) is 48.8 Å². The highest BCUT2D eigenvalue weighted by Crippen LogP contribution is 2.58.